The third kappa shape index (κ3) is 8.04. The zero-order chi connectivity index (χ0) is 25.0. The Morgan fingerprint density at radius 2 is 1.68 bits per heavy atom. The van der Waals surface area contributed by atoms with Crippen molar-refractivity contribution in [3.63, 3.8) is 0 Å². The molecule has 2 rings (SSSR count). The zero-order valence-corrected chi connectivity index (χ0v) is 19.9. The van der Waals surface area contributed by atoms with Crippen LogP contribution in [0.4, 0.5) is 0 Å². The Kier molecular flexibility index (Phi) is 12.5. The lowest BCUT2D eigenvalue weighted by Gasteiger charge is -2.45. The molecular formula is C24H40N2O8. The lowest BCUT2D eigenvalue weighted by Crippen LogP contribution is -2.67. The van der Waals surface area contributed by atoms with E-state index in [0.29, 0.717) is 33.0 Å². The highest BCUT2D eigenvalue weighted by Gasteiger charge is 2.53. The van der Waals surface area contributed by atoms with E-state index < -0.39 is 36.6 Å². The second-order valence-electron chi connectivity index (χ2n) is 8.62. The molecule has 0 aromatic heterocycles. The molecular weight excluding hydrogens is 444 g/mol. The predicted molar refractivity (Wildman–Crippen MR) is 125 cm³/mol. The average molecular weight is 485 g/mol. The monoisotopic (exact) mass is 484 g/mol. The molecule has 0 amide bonds. The van der Waals surface area contributed by atoms with Crippen LogP contribution in [0.15, 0.2) is 24.3 Å². The smallest absolute Gasteiger partial charge is 0.175 e. The van der Waals surface area contributed by atoms with E-state index in [9.17, 15) is 25.2 Å². The van der Waals surface area contributed by atoms with Crippen LogP contribution in [0.5, 0.6) is 0 Å². The number of ether oxygens (including phenoxy) is 3. The van der Waals surface area contributed by atoms with Crippen LogP contribution in [0.3, 0.4) is 0 Å². The molecule has 10 heteroatoms. The Morgan fingerprint density at radius 3 is 2.26 bits per heavy atom. The summed E-state index contributed by atoms with van der Waals surface area (Å²) in [6.45, 7) is 6.55. The first-order chi connectivity index (χ1) is 16.4. The summed E-state index contributed by atoms with van der Waals surface area (Å²) in [7, 11) is 0. The van der Waals surface area contributed by atoms with Gasteiger partial charge in [0.25, 0.3) is 0 Å². The van der Waals surface area contributed by atoms with E-state index in [0.717, 1.165) is 37.2 Å². The lowest BCUT2D eigenvalue weighted by molar-refractivity contribution is -0.262. The van der Waals surface area contributed by atoms with Gasteiger partial charge in [-0.05, 0) is 24.1 Å². The van der Waals surface area contributed by atoms with Crippen LogP contribution >= 0.6 is 0 Å². The molecule has 194 valence electrons. The van der Waals surface area contributed by atoms with Crippen LogP contribution in [-0.4, -0.2) is 114 Å². The van der Waals surface area contributed by atoms with Gasteiger partial charge in [-0.25, -0.2) is 0 Å². The SMILES string of the molecule is CCCN(CCOCCOCCN)Cc1ccc(CC2OC(C=O)(CO)C(O)C(O)C2O)cc1. The molecule has 0 spiro atoms. The van der Waals surface area contributed by atoms with Gasteiger partial charge in [-0.3, -0.25) is 9.69 Å². The van der Waals surface area contributed by atoms with Gasteiger partial charge in [-0.1, -0.05) is 31.2 Å². The molecule has 1 aliphatic heterocycles. The molecule has 0 saturated carbocycles. The Balaban J connectivity index is 1.89. The van der Waals surface area contributed by atoms with Crippen molar-refractivity contribution >= 4 is 6.29 Å². The maximum Gasteiger partial charge on any atom is 0.175 e. The molecule has 10 nitrogen and oxygen atoms in total. The molecule has 1 aromatic rings. The molecule has 1 fully saturated rings. The Morgan fingerprint density at radius 1 is 1.03 bits per heavy atom. The number of aliphatic hydroxyl groups is 4. The molecule has 1 saturated heterocycles. The number of hydrogen-bond donors (Lipinski definition) is 5. The van der Waals surface area contributed by atoms with Crippen molar-refractivity contribution in [3.8, 4) is 0 Å². The highest BCUT2D eigenvalue weighted by molar-refractivity contribution is 5.64. The number of nitrogens with two attached hydrogens (primary N) is 1. The van der Waals surface area contributed by atoms with Gasteiger partial charge in [0.1, 0.15) is 18.3 Å². The van der Waals surface area contributed by atoms with Crippen molar-refractivity contribution in [1.82, 2.24) is 4.90 Å². The van der Waals surface area contributed by atoms with Gasteiger partial charge >= 0.3 is 0 Å². The summed E-state index contributed by atoms with van der Waals surface area (Å²) in [5.74, 6) is 0. The summed E-state index contributed by atoms with van der Waals surface area (Å²) in [4.78, 5) is 13.8. The normalized spacial score (nSPS) is 27.3. The summed E-state index contributed by atoms with van der Waals surface area (Å²) >= 11 is 0. The summed E-state index contributed by atoms with van der Waals surface area (Å²) in [5.41, 5.74) is 5.37. The maximum atomic E-state index is 11.5. The van der Waals surface area contributed by atoms with Gasteiger partial charge < -0.3 is 40.4 Å². The number of benzene rings is 1. The minimum atomic E-state index is -1.96. The molecule has 1 heterocycles. The Hall–Kier alpha value is -1.47. The van der Waals surface area contributed by atoms with Crippen LogP contribution in [0, 0.1) is 0 Å². The molecule has 1 aromatic carbocycles. The quantitative estimate of drug-likeness (QED) is 0.143. The van der Waals surface area contributed by atoms with Gasteiger partial charge in [0, 0.05) is 26.1 Å². The third-order valence-corrected chi connectivity index (χ3v) is 5.96. The van der Waals surface area contributed by atoms with Crippen LogP contribution in [0.2, 0.25) is 0 Å². The van der Waals surface area contributed by atoms with Gasteiger partial charge in [-0.2, -0.15) is 0 Å². The predicted octanol–water partition coefficient (Wildman–Crippen LogP) is -1.16. The number of aliphatic hydroxyl groups excluding tert-OH is 4. The first kappa shape index (κ1) is 28.8. The Bertz CT molecular complexity index is 707. The Labute approximate surface area is 201 Å². The molecule has 1 aliphatic rings. The van der Waals surface area contributed by atoms with E-state index in [-0.39, 0.29) is 12.7 Å². The standard InChI is InChI=1S/C24H40N2O8/c1-2-8-26(9-11-33-13-12-32-10-7-25)15-19-5-3-18(4-6-19)14-20-21(29)22(30)23(31)24(16-27,17-28)34-20/h3-6,16,20-23,28-31H,2,7-15,17,25H2,1H3. The van der Waals surface area contributed by atoms with Crippen molar-refractivity contribution in [1.29, 1.82) is 0 Å². The topological polar surface area (TPSA) is 155 Å². The van der Waals surface area contributed by atoms with E-state index in [1.54, 1.807) is 0 Å². The van der Waals surface area contributed by atoms with Gasteiger partial charge in [0.2, 0.25) is 0 Å². The van der Waals surface area contributed by atoms with E-state index in [1.165, 1.54) is 0 Å². The second-order valence-corrected chi connectivity index (χ2v) is 8.62. The molecule has 0 aliphatic carbocycles. The first-order valence-corrected chi connectivity index (χ1v) is 11.9. The van der Waals surface area contributed by atoms with Crippen LogP contribution < -0.4 is 5.73 Å². The maximum absolute atomic E-state index is 11.5. The van der Waals surface area contributed by atoms with Gasteiger partial charge in [0.05, 0.1) is 39.1 Å². The summed E-state index contributed by atoms with van der Waals surface area (Å²) in [5, 5.41) is 40.1. The third-order valence-electron chi connectivity index (χ3n) is 5.96. The number of hydrogen-bond acceptors (Lipinski definition) is 10. The van der Waals surface area contributed by atoms with Crippen LogP contribution in [0.25, 0.3) is 0 Å². The zero-order valence-electron chi connectivity index (χ0n) is 19.9. The molecule has 34 heavy (non-hydrogen) atoms. The highest BCUT2D eigenvalue weighted by atomic mass is 16.6. The number of carbonyl (C=O) groups is 1. The lowest BCUT2D eigenvalue weighted by atomic mass is 9.84. The molecule has 0 radical (unpaired) electrons. The average Bonchev–Trinajstić information content (AvgIpc) is 2.85. The number of carbonyl (C=O) groups excluding carboxylic acids is 1. The fraction of sp³-hybridized carbons (Fsp3) is 0.708. The van der Waals surface area contributed by atoms with Crippen LogP contribution in [0.1, 0.15) is 24.5 Å². The number of aldehydes is 1. The fourth-order valence-corrected chi connectivity index (χ4v) is 4.00. The highest BCUT2D eigenvalue weighted by Crippen LogP contribution is 2.30. The van der Waals surface area contributed by atoms with Crippen molar-refractivity contribution in [2.75, 3.05) is 52.7 Å². The molecule has 0 bridgehead atoms. The van der Waals surface area contributed by atoms with Gasteiger partial charge in [-0.15, -0.1) is 0 Å². The van der Waals surface area contributed by atoms with E-state index >= 15 is 0 Å². The van der Waals surface area contributed by atoms with Crippen molar-refractivity contribution in [3.05, 3.63) is 35.4 Å². The van der Waals surface area contributed by atoms with E-state index in [4.69, 9.17) is 19.9 Å². The van der Waals surface area contributed by atoms with E-state index in [1.807, 2.05) is 24.3 Å². The van der Waals surface area contributed by atoms with Crippen molar-refractivity contribution in [2.24, 2.45) is 5.73 Å². The first-order valence-electron chi connectivity index (χ1n) is 11.9. The molecule has 5 atom stereocenters. The van der Waals surface area contributed by atoms with Crippen LogP contribution in [-0.2, 0) is 32.0 Å². The van der Waals surface area contributed by atoms with Crippen molar-refractivity contribution in [2.45, 2.75) is 56.3 Å². The largest absolute Gasteiger partial charge is 0.393 e. The minimum Gasteiger partial charge on any atom is -0.393 e. The number of rotatable bonds is 16. The summed E-state index contributed by atoms with van der Waals surface area (Å²) < 4.78 is 16.5. The summed E-state index contributed by atoms with van der Waals surface area (Å²) in [6.07, 6.45) is -4.16. The van der Waals surface area contributed by atoms with Gasteiger partial charge in [0.15, 0.2) is 11.9 Å². The minimum absolute atomic E-state index is 0.208. The summed E-state index contributed by atoms with van der Waals surface area (Å²) in [6, 6.07) is 7.78. The number of nitrogens with zero attached hydrogens (tertiary/aromatic N) is 1. The molecule has 6 N–H and O–H groups in total. The van der Waals surface area contributed by atoms with E-state index in [2.05, 4.69) is 11.8 Å². The second kappa shape index (κ2) is 14.8. The van der Waals surface area contributed by atoms with Crippen molar-refractivity contribution < 1.29 is 39.4 Å². The fourth-order valence-electron chi connectivity index (χ4n) is 4.00. The molecule has 5 unspecified atom stereocenters.